The number of hydrogen-bond donors (Lipinski definition) is 3. The van der Waals surface area contributed by atoms with Gasteiger partial charge in [0.1, 0.15) is 5.75 Å². The van der Waals surface area contributed by atoms with Gasteiger partial charge in [0.2, 0.25) is 5.91 Å². The molecule has 6 nitrogen and oxygen atoms in total. The van der Waals surface area contributed by atoms with Gasteiger partial charge in [-0.15, -0.1) is 0 Å². The second-order valence-electron chi connectivity index (χ2n) is 5.67. The van der Waals surface area contributed by atoms with Crippen LogP contribution in [0, 0.1) is 6.92 Å². The molecule has 0 unspecified atom stereocenters. The molecule has 0 bridgehead atoms. The number of phenolic OH excluding ortho intramolecular Hbond substituents is 2. The topological polar surface area (TPSA) is 91.2 Å². The summed E-state index contributed by atoms with van der Waals surface area (Å²) in [7, 11) is 1.64. The fraction of sp³-hybridized carbons (Fsp3) is 0.263. The highest BCUT2D eigenvalue weighted by atomic mass is 16.5. The maximum atomic E-state index is 11.8. The van der Waals surface area contributed by atoms with Crippen LogP contribution in [-0.4, -0.2) is 29.4 Å². The molecule has 0 atom stereocenters. The van der Waals surface area contributed by atoms with Crippen LogP contribution in [0.4, 0.5) is 0 Å². The Labute approximate surface area is 146 Å². The van der Waals surface area contributed by atoms with Gasteiger partial charge in [0.25, 0.3) is 0 Å². The first-order valence-electron chi connectivity index (χ1n) is 7.97. The lowest BCUT2D eigenvalue weighted by molar-refractivity contribution is -0.121. The number of methoxy groups -OCH3 is 1. The molecule has 0 aliphatic heterocycles. The van der Waals surface area contributed by atoms with Gasteiger partial charge in [-0.3, -0.25) is 4.79 Å². The Hall–Kier alpha value is -3.02. The number of hydrogen-bond acceptors (Lipinski definition) is 5. The minimum absolute atomic E-state index is 0.207. The molecule has 0 radical (unpaired) electrons. The van der Waals surface area contributed by atoms with Crippen LogP contribution in [-0.2, 0) is 11.2 Å². The summed E-state index contributed by atoms with van der Waals surface area (Å²) in [6.45, 7) is 1.99. The fourth-order valence-corrected chi connectivity index (χ4v) is 2.43. The number of ether oxygens (including phenoxy) is 1. The van der Waals surface area contributed by atoms with Crippen molar-refractivity contribution >= 4 is 12.1 Å². The van der Waals surface area contributed by atoms with Crippen molar-refractivity contribution in [3.8, 4) is 17.2 Å². The minimum atomic E-state index is -0.268. The molecule has 0 fully saturated rings. The van der Waals surface area contributed by atoms with Crippen LogP contribution >= 0.6 is 0 Å². The summed E-state index contributed by atoms with van der Waals surface area (Å²) < 4.78 is 5.23. The van der Waals surface area contributed by atoms with Gasteiger partial charge in [-0.05, 0) is 49.1 Å². The largest absolute Gasteiger partial charge is 0.504 e. The normalized spacial score (nSPS) is 10.8. The van der Waals surface area contributed by atoms with Gasteiger partial charge in [0, 0.05) is 12.0 Å². The number of carbonyl (C=O) groups excluding carboxylic acids is 1. The van der Waals surface area contributed by atoms with E-state index in [-0.39, 0.29) is 17.4 Å². The molecule has 0 saturated heterocycles. The van der Waals surface area contributed by atoms with E-state index in [1.165, 1.54) is 12.3 Å². The van der Waals surface area contributed by atoms with E-state index in [2.05, 4.69) is 16.6 Å². The maximum absolute atomic E-state index is 11.8. The Bertz CT molecular complexity index is 772. The van der Waals surface area contributed by atoms with Crippen LogP contribution in [0.5, 0.6) is 17.2 Å². The summed E-state index contributed by atoms with van der Waals surface area (Å²) >= 11 is 0. The summed E-state index contributed by atoms with van der Waals surface area (Å²) in [5, 5.41) is 22.8. The van der Waals surface area contributed by atoms with Crippen LogP contribution in [0.3, 0.4) is 0 Å². The number of benzene rings is 2. The predicted octanol–water partition coefficient (Wildman–Crippen LogP) is 2.89. The zero-order chi connectivity index (χ0) is 18.2. The highest BCUT2D eigenvalue weighted by molar-refractivity contribution is 5.86. The molecule has 0 heterocycles. The smallest absolute Gasteiger partial charge is 0.240 e. The molecule has 2 rings (SSSR count). The minimum Gasteiger partial charge on any atom is -0.504 e. The van der Waals surface area contributed by atoms with Crippen molar-refractivity contribution in [1.29, 1.82) is 0 Å². The molecular formula is C19H22N2O4. The first kappa shape index (κ1) is 18.3. The van der Waals surface area contributed by atoms with E-state index in [0.717, 1.165) is 23.3 Å². The van der Waals surface area contributed by atoms with Gasteiger partial charge in [0.15, 0.2) is 11.5 Å². The summed E-state index contributed by atoms with van der Waals surface area (Å²) in [4.78, 5) is 11.8. The number of para-hydroxylation sites is 1. The van der Waals surface area contributed by atoms with Gasteiger partial charge in [-0.25, -0.2) is 5.43 Å². The zero-order valence-electron chi connectivity index (χ0n) is 14.3. The average molecular weight is 342 g/mol. The van der Waals surface area contributed by atoms with E-state index in [1.807, 2.05) is 19.1 Å². The molecule has 6 heteroatoms. The number of nitrogens with one attached hydrogen (secondary N) is 1. The molecular weight excluding hydrogens is 320 g/mol. The van der Waals surface area contributed by atoms with Crippen molar-refractivity contribution in [1.82, 2.24) is 5.43 Å². The van der Waals surface area contributed by atoms with E-state index in [0.29, 0.717) is 18.4 Å². The molecule has 0 spiro atoms. The lowest BCUT2D eigenvalue weighted by Crippen LogP contribution is -2.17. The number of carbonyl (C=O) groups is 1. The summed E-state index contributed by atoms with van der Waals surface area (Å²) in [5.74, 6) is 0.146. The van der Waals surface area contributed by atoms with Gasteiger partial charge in [-0.1, -0.05) is 18.2 Å². The third kappa shape index (κ3) is 5.24. The first-order chi connectivity index (χ1) is 12.0. The molecule has 132 valence electrons. The summed E-state index contributed by atoms with van der Waals surface area (Å²) in [5.41, 5.74) is 4.96. The second kappa shape index (κ2) is 8.73. The number of rotatable bonds is 7. The molecule has 2 aromatic rings. The Balaban J connectivity index is 1.78. The Morgan fingerprint density at radius 2 is 2.08 bits per heavy atom. The van der Waals surface area contributed by atoms with E-state index >= 15 is 0 Å². The molecule has 0 saturated carbocycles. The van der Waals surface area contributed by atoms with Crippen LogP contribution in [0.2, 0.25) is 0 Å². The van der Waals surface area contributed by atoms with Crippen molar-refractivity contribution in [2.24, 2.45) is 5.10 Å². The number of aryl methyl sites for hydroxylation is 2. The molecule has 0 aliphatic rings. The third-order valence-electron chi connectivity index (χ3n) is 3.77. The van der Waals surface area contributed by atoms with Crippen LogP contribution in [0.25, 0.3) is 0 Å². The van der Waals surface area contributed by atoms with Crippen molar-refractivity contribution in [2.45, 2.75) is 26.2 Å². The van der Waals surface area contributed by atoms with Crippen molar-refractivity contribution < 1.29 is 19.7 Å². The second-order valence-corrected chi connectivity index (χ2v) is 5.67. The van der Waals surface area contributed by atoms with E-state index < -0.39 is 0 Å². The quantitative estimate of drug-likeness (QED) is 0.410. The van der Waals surface area contributed by atoms with Gasteiger partial charge < -0.3 is 14.9 Å². The zero-order valence-corrected chi connectivity index (χ0v) is 14.3. The van der Waals surface area contributed by atoms with E-state index in [1.54, 1.807) is 19.2 Å². The highest BCUT2D eigenvalue weighted by Crippen LogP contribution is 2.26. The van der Waals surface area contributed by atoms with Crippen molar-refractivity contribution in [2.75, 3.05) is 7.11 Å². The number of amides is 1. The van der Waals surface area contributed by atoms with Crippen LogP contribution < -0.4 is 10.2 Å². The number of hydrazone groups is 1. The molecule has 3 N–H and O–H groups in total. The maximum Gasteiger partial charge on any atom is 0.240 e. The molecule has 1 amide bonds. The summed E-state index contributed by atoms with van der Waals surface area (Å²) in [6.07, 6.45) is 3.12. The third-order valence-corrected chi connectivity index (χ3v) is 3.77. The Morgan fingerprint density at radius 1 is 1.28 bits per heavy atom. The first-order valence-corrected chi connectivity index (χ1v) is 7.97. The van der Waals surface area contributed by atoms with Crippen molar-refractivity contribution in [3.05, 3.63) is 53.1 Å². The van der Waals surface area contributed by atoms with Crippen LogP contribution in [0.1, 0.15) is 29.5 Å². The number of nitrogens with zero attached hydrogens (tertiary/aromatic N) is 1. The molecule has 2 aromatic carbocycles. The highest BCUT2D eigenvalue weighted by Gasteiger charge is 2.05. The predicted molar refractivity (Wildman–Crippen MR) is 96.2 cm³/mol. The van der Waals surface area contributed by atoms with Crippen molar-refractivity contribution in [3.63, 3.8) is 0 Å². The Morgan fingerprint density at radius 3 is 2.80 bits per heavy atom. The van der Waals surface area contributed by atoms with Gasteiger partial charge in [-0.2, -0.15) is 5.10 Å². The van der Waals surface area contributed by atoms with Gasteiger partial charge >= 0.3 is 0 Å². The lowest BCUT2D eigenvalue weighted by Gasteiger charge is -2.07. The average Bonchev–Trinajstić information content (AvgIpc) is 2.59. The van der Waals surface area contributed by atoms with Crippen LogP contribution in [0.15, 0.2) is 41.5 Å². The molecule has 0 aliphatic carbocycles. The SMILES string of the molecule is COc1ccc(CCCC(=O)N/N=C\c2cccc(O)c2O)cc1C. The summed E-state index contributed by atoms with van der Waals surface area (Å²) in [6, 6.07) is 10.5. The Kier molecular flexibility index (Phi) is 6.39. The van der Waals surface area contributed by atoms with E-state index in [9.17, 15) is 15.0 Å². The lowest BCUT2D eigenvalue weighted by atomic mass is 10.1. The standard InChI is InChI=1S/C19H22N2O4/c1-13-11-14(9-10-17(13)25-2)5-3-8-18(23)21-20-12-15-6-4-7-16(22)19(15)24/h4,6-7,9-12,22,24H,3,5,8H2,1-2H3,(H,21,23)/b20-12-. The molecule has 0 aromatic heterocycles. The number of aromatic hydroxyl groups is 2. The fourth-order valence-electron chi connectivity index (χ4n) is 2.43. The monoisotopic (exact) mass is 342 g/mol. The number of phenols is 2. The molecule has 25 heavy (non-hydrogen) atoms. The van der Waals surface area contributed by atoms with Gasteiger partial charge in [0.05, 0.1) is 13.3 Å². The van der Waals surface area contributed by atoms with E-state index in [4.69, 9.17) is 4.74 Å².